The molecule has 0 bridgehead atoms. The molecular formula is C25H26BrN3O4. The fourth-order valence-electron chi connectivity index (χ4n) is 3.11. The van der Waals surface area contributed by atoms with E-state index in [1.54, 1.807) is 13.2 Å². The molecule has 7 nitrogen and oxygen atoms in total. The number of rotatable bonds is 10. The maximum atomic E-state index is 12.0. The molecule has 0 radical (unpaired) electrons. The van der Waals surface area contributed by atoms with Crippen LogP contribution in [0.1, 0.15) is 29.7 Å². The number of nitrogens with one attached hydrogen (secondary N) is 2. The number of carbonyl (C=O) groups excluding carboxylic acids is 2. The highest BCUT2D eigenvalue weighted by atomic mass is 79.9. The third kappa shape index (κ3) is 7.61. The van der Waals surface area contributed by atoms with Crippen molar-refractivity contribution in [3.63, 3.8) is 0 Å². The first-order valence-electron chi connectivity index (χ1n) is 10.5. The summed E-state index contributed by atoms with van der Waals surface area (Å²) in [5.74, 6) is 1.40. The maximum absolute atomic E-state index is 12.0. The summed E-state index contributed by atoms with van der Waals surface area (Å²) >= 11 is 3.54. The minimum absolute atomic E-state index is 0.140. The highest BCUT2D eigenvalue weighted by Crippen LogP contribution is 2.30. The van der Waals surface area contributed by atoms with Crippen LogP contribution in [0.5, 0.6) is 5.75 Å². The molecule has 0 aliphatic rings. The number of carbonyl (C=O) groups is 2. The smallest absolute Gasteiger partial charge is 0.259 e. The number of hydrazone groups is 1. The molecule has 33 heavy (non-hydrogen) atoms. The highest BCUT2D eigenvalue weighted by Gasteiger charge is 2.08. The second-order valence-corrected chi connectivity index (χ2v) is 8.31. The molecule has 2 amide bonds. The Balaban J connectivity index is 1.36. The third-order valence-corrected chi connectivity index (χ3v) is 5.53. The van der Waals surface area contributed by atoms with Crippen LogP contribution in [0.15, 0.2) is 68.6 Å². The SMILES string of the molecule is COc1ccc(CCCC(=O)NCC(=O)N/N=C\c2ccc(-c3ccc(C)cc3Br)o2)cc1. The molecule has 0 aliphatic carbocycles. The molecule has 0 spiro atoms. The zero-order valence-corrected chi connectivity index (χ0v) is 20.1. The molecule has 2 N–H and O–H groups in total. The predicted octanol–water partition coefficient (Wildman–Crippen LogP) is 4.62. The van der Waals surface area contributed by atoms with E-state index in [0.29, 0.717) is 24.4 Å². The van der Waals surface area contributed by atoms with E-state index in [4.69, 9.17) is 9.15 Å². The van der Waals surface area contributed by atoms with Gasteiger partial charge in [0.05, 0.1) is 19.9 Å². The molecule has 0 aliphatic heterocycles. The third-order valence-electron chi connectivity index (χ3n) is 4.87. The van der Waals surface area contributed by atoms with Crippen molar-refractivity contribution in [2.75, 3.05) is 13.7 Å². The minimum atomic E-state index is -0.414. The summed E-state index contributed by atoms with van der Waals surface area (Å²) in [5, 5.41) is 6.49. The highest BCUT2D eigenvalue weighted by molar-refractivity contribution is 9.10. The Bertz CT molecular complexity index is 1120. The molecule has 172 valence electrons. The van der Waals surface area contributed by atoms with Crippen molar-refractivity contribution in [2.24, 2.45) is 5.10 Å². The Morgan fingerprint density at radius 2 is 1.88 bits per heavy atom. The lowest BCUT2D eigenvalue weighted by Crippen LogP contribution is -2.34. The van der Waals surface area contributed by atoms with Crippen LogP contribution in [-0.2, 0) is 16.0 Å². The topological polar surface area (TPSA) is 92.9 Å². The monoisotopic (exact) mass is 511 g/mol. The van der Waals surface area contributed by atoms with Crippen molar-refractivity contribution >= 4 is 34.0 Å². The normalized spacial score (nSPS) is 10.9. The molecule has 3 aromatic rings. The van der Waals surface area contributed by atoms with Crippen LogP contribution in [0.3, 0.4) is 0 Å². The van der Waals surface area contributed by atoms with Crippen molar-refractivity contribution in [1.29, 1.82) is 0 Å². The Morgan fingerprint density at radius 1 is 1.09 bits per heavy atom. The van der Waals surface area contributed by atoms with Gasteiger partial charge in [-0.05, 0) is 67.3 Å². The van der Waals surface area contributed by atoms with Crippen LogP contribution >= 0.6 is 15.9 Å². The Hall–Kier alpha value is -3.39. The van der Waals surface area contributed by atoms with Gasteiger partial charge in [-0.1, -0.05) is 34.1 Å². The summed E-state index contributed by atoms with van der Waals surface area (Å²) in [7, 11) is 1.62. The first-order valence-corrected chi connectivity index (χ1v) is 11.3. The van der Waals surface area contributed by atoms with Crippen molar-refractivity contribution in [3.05, 3.63) is 76.0 Å². The number of hydrogen-bond acceptors (Lipinski definition) is 5. The largest absolute Gasteiger partial charge is 0.497 e. The first kappa shape index (κ1) is 24.3. The lowest BCUT2D eigenvalue weighted by atomic mass is 10.1. The van der Waals surface area contributed by atoms with Gasteiger partial charge in [0.25, 0.3) is 5.91 Å². The summed E-state index contributed by atoms with van der Waals surface area (Å²) in [6, 6.07) is 17.3. The Labute approximate surface area is 201 Å². The average Bonchev–Trinajstić information content (AvgIpc) is 3.26. The number of aryl methyl sites for hydroxylation is 2. The van der Waals surface area contributed by atoms with E-state index in [1.165, 1.54) is 6.21 Å². The standard InChI is InChI=1S/C25H26BrN3O4/c1-17-6-12-21(22(26)14-17)23-13-11-20(33-23)15-28-29-25(31)16-27-24(30)5-3-4-18-7-9-19(32-2)10-8-18/h6-15H,3-5,16H2,1-2H3,(H,27,30)(H,29,31)/b28-15-. The number of benzene rings is 2. The van der Waals surface area contributed by atoms with Crippen molar-refractivity contribution in [2.45, 2.75) is 26.2 Å². The van der Waals surface area contributed by atoms with Crippen LogP contribution in [0.2, 0.25) is 0 Å². The fourth-order valence-corrected chi connectivity index (χ4v) is 3.80. The van der Waals surface area contributed by atoms with Gasteiger partial charge in [0.15, 0.2) is 0 Å². The number of hydrogen-bond donors (Lipinski definition) is 2. The summed E-state index contributed by atoms with van der Waals surface area (Å²) in [5.41, 5.74) is 5.59. The quantitative estimate of drug-likeness (QED) is 0.307. The van der Waals surface area contributed by atoms with Crippen LogP contribution in [0.25, 0.3) is 11.3 Å². The number of nitrogens with zero attached hydrogens (tertiary/aromatic N) is 1. The summed E-state index contributed by atoms with van der Waals surface area (Å²) in [6.45, 7) is 1.88. The molecule has 0 fully saturated rings. The molecule has 1 aromatic heterocycles. The molecular weight excluding hydrogens is 486 g/mol. The van der Waals surface area contributed by atoms with E-state index >= 15 is 0 Å². The van der Waals surface area contributed by atoms with Crippen molar-refractivity contribution in [1.82, 2.24) is 10.7 Å². The van der Waals surface area contributed by atoms with Gasteiger partial charge in [0.2, 0.25) is 5.91 Å². The molecule has 0 saturated carbocycles. The van der Waals surface area contributed by atoms with Gasteiger partial charge in [-0.15, -0.1) is 0 Å². The maximum Gasteiger partial charge on any atom is 0.259 e. The van der Waals surface area contributed by atoms with Crippen LogP contribution in [-0.4, -0.2) is 31.7 Å². The second-order valence-electron chi connectivity index (χ2n) is 7.46. The van der Waals surface area contributed by atoms with Gasteiger partial charge in [-0.25, -0.2) is 5.43 Å². The Kier molecular flexibility index (Phi) is 8.83. The summed E-state index contributed by atoms with van der Waals surface area (Å²) in [4.78, 5) is 23.9. The van der Waals surface area contributed by atoms with E-state index in [-0.39, 0.29) is 12.5 Å². The number of halogens is 1. The van der Waals surface area contributed by atoms with E-state index in [2.05, 4.69) is 31.8 Å². The lowest BCUT2D eigenvalue weighted by molar-refractivity contribution is -0.126. The number of methoxy groups -OCH3 is 1. The molecule has 2 aromatic carbocycles. The van der Waals surface area contributed by atoms with E-state index in [9.17, 15) is 9.59 Å². The molecule has 0 unspecified atom stereocenters. The molecule has 1 heterocycles. The molecule has 8 heteroatoms. The summed E-state index contributed by atoms with van der Waals surface area (Å²) < 4.78 is 11.8. The molecule has 0 atom stereocenters. The van der Waals surface area contributed by atoms with E-state index in [1.807, 2.05) is 55.5 Å². The zero-order chi connectivity index (χ0) is 23.6. The predicted molar refractivity (Wildman–Crippen MR) is 131 cm³/mol. The van der Waals surface area contributed by atoms with E-state index in [0.717, 1.165) is 33.3 Å². The Morgan fingerprint density at radius 3 is 2.61 bits per heavy atom. The average molecular weight is 512 g/mol. The number of furan rings is 1. The van der Waals surface area contributed by atoms with Gasteiger partial charge >= 0.3 is 0 Å². The molecule has 0 saturated heterocycles. The summed E-state index contributed by atoms with van der Waals surface area (Å²) in [6.07, 6.45) is 3.22. The second kappa shape index (κ2) is 12.0. The van der Waals surface area contributed by atoms with E-state index < -0.39 is 5.91 Å². The molecule has 3 rings (SSSR count). The van der Waals surface area contributed by atoms with Gasteiger partial charge in [0, 0.05) is 16.5 Å². The van der Waals surface area contributed by atoms with Gasteiger partial charge in [0.1, 0.15) is 17.3 Å². The van der Waals surface area contributed by atoms with Crippen LogP contribution in [0, 0.1) is 6.92 Å². The van der Waals surface area contributed by atoms with Gasteiger partial charge < -0.3 is 14.5 Å². The van der Waals surface area contributed by atoms with Gasteiger partial charge in [-0.2, -0.15) is 5.10 Å². The van der Waals surface area contributed by atoms with Crippen LogP contribution in [0.4, 0.5) is 0 Å². The fraction of sp³-hybridized carbons (Fsp3) is 0.240. The van der Waals surface area contributed by atoms with Crippen molar-refractivity contribution < 1.29 is 18.7 Å². The first-order chi connectivity index (χ1) is 15.9. The van der Waals surface area contributed by atoms with Crippen molar-refractivity contribution in [3.8, 4) is 17.1 Å². The number of amides is 2. The minimum Gasteiger partial charge on any atom is -0.497 e. The van der Waals surface area contributed by atoms with Crippen LogP contribution < -0.4 is 15.5 Å². The lowest BCUT2D eigenvalue weighted by Gasteiger charge is -2.05. The van der Waals surface area contributed by atoms with Gasteiger partial charge in [-0.3, -0.25) is 9.59 Å². The number of ether oxygens (including phenoxy) is 1. The zero-order valence-electron chi connectivity index (χ0n) is 18.6.